The summed E-state index contributed by atoms with van der Waals surface area (Å²) in [5, 5.41) is 0. The number of hydrogen-bond donors (Lipinski definition) is 0. The zero-order chi connectivity index (χ0) is 37.6. The Morgan fingerprint density at radius 1 is 0.340 bits per heavy atom. The van der Waals surface area contributed by atoms with Gasteiger partial charge in [0.05, 0.1) is 39.6 Å². The molecule has 0 rings (SSSR count). The molecule has 0 aliphatic carbocycles. The standard InChI is InChI=1S/3C4H11O3P.3C3H9O3P.2Al/c3*1-3-7-8(5,6)4-2;3*1-3-6-7(2,4)5;;/h3*3-4H2,1-2H3,(H,5,6);3*3H2,1-2H3,(H,4,5);;/q;;;;;;2*+3/p-6. The summed E-state index contributed by atoms with van der Waals surface area (Å²) >= 11 is 0. The molecule has 6 unspecified atom stereocenters. The van der Waals surface area contributed by atoms with Crippen molar-refractivity contribution in [1.82, 2.24) is 0 Å². The molecule has 0 aliphatic heterocycles. The fraction of sp³-hybridized carbons (Fsp3) is 1.00. The van der Waals surface area contributed by atoms with Crippen molar-refractivity contribution >= 4 is 80.3 Å². The van der Waals surface area contributed by atoms with Crippen molar-refractivity contribution in [3.8, 4) is 0 Å². The molecule has 26 heteroatoms. The molecule has 0 aromatic rings. The minimum atomic E-state index is -3.42. The first kappa shape index (κ1) is 67.1. The minimum absolute atomic E-state index is 0. The zero-order valence-corrected chi connectivity index (χ0v) is 37.2. The van der Waals surface area contributed by atoms with Crippen LogP contribution in [0.5, 0.6) is 0 Å². The van der Waals surface area contributed by atoms with E-state index in [4.69, 9.17) is 0 Å². The molecule has 6 atom stereocenters. The summed E-state index contributed by atoms with van der Waals surface area (Å²) < 4.78 is 87.1. The van der Waals surface area contributed by atoms with Gasteiger partial charge in [0.2, 0.25) is 0 Å². The van der Waals surface area contributed by atoms with E-state index >= 15 is 0 Å². The van der Waals surface area contributed by atoms with Gasteiger partial charge >= 0.3 is 34.7 Å². The zero-order valence-electron chi connectivity index (χ0n) is 29.6. The van der Waals surface area contributed by atoms with Crippen LogP contribution in [-0.4, -0.2) is 113 Å². The van der Waals surface area contributed by atoms with Crippen LogP contribution in [0.15, 0.2) is 0 Å². The molecule has 0 heterocycles. The molecular weight excluding hydrogens is 780 g/mol. The third-order valence-corrected chi connectivity index (χ3v) is 9.69. The molecule has 0 saturated heterocycles. The van der Waals surface area contributed by atoms with Crippen molar-refractivity contribution in [3.05, 3.63) is 0 Å². The Kier molecular flexibility index (Phi) is 53.9. The van der Waals surface area contributed by atoms with E-state index in [9.17, 15) is 56.8 Å². The monoisotopic (exact) mass is 834 g/mol. The van der Waals surface area contributed by atoms with Gasteiger partial charge in [0.25, 0.3) is 0 Å². The van der Waals surface area contributed by atoms with Gasteiger partial charge in [-0.2, -0.15) is 0 Å². The average Bonchev–Trinajstić information content (AvgIpc) is 2.84. The van der Waals surface area contributed by atoms with Crippen LogP contribution in [-0.2, 0) is 54.5 Å². The van der Waals surface area contributed by atoms with Crippen LogP contribution in [0.2, 0.25) is 0 Å². The van der Waals surface area contributed by atoms with Crippen LogP contribution in [0.1, 0.15) is 62.3 Å². The Labute approximate surface area is 303 Å². The second kappa shape index (κ2) is 37.7. The summed E-state index contributed by atoms with van der Waals surface area (Å²) in [6.45, 7) is 19.1. The smallest absolute Gasteiger partial charge is 0.779 e. The van der Waals surface area contributed by atoms with E-state index in [2.05, 4.69) is 27.1 Å². The van der Waals surface area contributed by atoms with E-state index in [1.165, 1.54) is 0 Å². The Morgan fingerprint density at radius 3 is 0.489 bits per heavy atom. The summed E-state index contributed by atoms with van der Waals surface area (Å²) in [5.74, 6) is 0. The van der Waals surface area contributed by atoms with E-state index in [0.717, 1.165) is 20.0 Å². The predicted octanol–water partition coefficient (Wildman–Crippen LogP) is 1.65. The van der Waals surface area contributed by atoms with Gasteiger partial charge in [-0.25, -0.2) is 0 Å². The molecule has 0 spiro atoms. The first-order chi connectivity index (χ1) is 20.0. The molecule has 282 valence electrons. The first-order valence-corrected chi connectivity index (χ1v) is 24.8. The molecular formula is C21H54Al2O18P6. The average molecular weight is 834 g/mol. The van der Waals surface area contributed by atoms with Crippen LogP contribution >= 0.6 is 45.6 Å². The van der Waals surface area contributed by atoms with Gasteiger partial charge in [-0.05, 0) is 41.5 Å². The fourth-order valence-corrected chi connectivity index (χ4v) is 4.70. The number of hydrogen-bond acceptors (Lipinski definition) is 18. The van der Waals surface area contributed by atoms with E-state index in [1.54, 1.807) is 62.3 Å². The second-order valence-electron chi connectivity index (χ2n) is 7.60. The van der Waals surface area contributed by atoms with E-state index in [-0.39, 0.29) is 92.8 Å². The summed E-state index contributed by atoms with van der Waals surface area (Å²) in [6, 6.07) is 0. The van der Waals surface area contributed by atoms with Crippen molar-refractivity contribution in [3.63, 3.8) is 0 Å². The fourth-order valence-electron chi connectivity index (χ4n) is 1.57. The Bertz CT molecular complexity index is 838. The first-order valence-electron chi connectivity index (χ1n) is 13.7. The molecule has 0 bridgehead atoms. The number of rotatable bonds is 15. The SMILES string of the molecule is CCOP(=O)([O-])CC.CCOP(=O)([O-])CC.CCOP(=O)([O-])CC.CCOP(C)(=O)[O-].CCOP(C)(=O)[O-].CCOP(C)(=O)[O-].[Al+3].[Al+3]. The van der Waals surface area contributed by atoms with E-state index in [0.29, 0.717) is 0 Å². The van der Waals surface area contributed by atoms with Crippen LogP contribution in [0, 0.1) is 0 Å². The quantitative estimate of drug-likeness (QED) is 0.167. The maximum atomic E-state index is 10.4. The van der Waals surface area contributed by atoms with Crippen molar-refractivity contribution in [2.24, 2.45) is 0 Å². The van der Waals surface area contributed by atoms with Gasteiger partial charge in [0.15, 0.2) is 0 Å². The topological polar surface area (TPSA) is 296 Å². The molecule has 0 N–H and O–H groups in total. The van der Waals surface area contributed by atoms with Crippen LogP contribution < -0.4 is 29.4 Å². The van der Waals surface area contributed by atoms with E-state index < -0.39 is 45.6 Å². The summed E-state index contributed by atoms with van der Waals surface area (Å²) in [6.07, 6.45) is 0.252. The minimum Gasteiger partial charge on any atom is -0.779 e. The molecule has 0 radical (unpaired) electrons. The molecule has 0 saturated carbocycles. The van der Waals surface area contributed by atoms with Crippen molar-refractivity contribution in [2.45, 2.75) is 62.3 Å². The maximum Gasteiger partial charge on any atom is 3.00 e. The maximum absolute atomic E-state index is 10.4. The molecule has 18 nitrogen and oxygen atoms in total. The summed E-state index contributed by atoms with van der Waals surface area (Å²) in [5.41, 5.74) is 0. The molecule has 47 heavy (non-hydrogen) atoms. The second-order valence-corrected chi connectivity index (χ2v) is 19.3. The van der Waals surface area contributed by atoms with Crippen LogP contribution in [0.3, 0.4) is 0 Å². The van der Waals surface area contributed by atoms with Gasteiger partial charge in [-0.3, -0.25) is 0 Å². The van der Waals surface area contributed by atoms with Crippen molar-refractivity contribution in [2.75, 3.05) is 78.1 Å². The predicted molar refractivity (Wildman–Crippen MR) is 176 cm³/mol. The van der Waals surface area contributed by atoms with Crippen molar-refractivity contribution in [1.29, 1.82) is 0 Å². The third-order valence-electron chi connectivity index (χ3n) is 3.23. The van der Waals surface area contributed by atoms with Gasteiger partial charge < -0.3 is 83.9 Å². The van der Waals surface area contributed by atoms with E-state index in [1.807, 2.05) is 0 Å². The Hall–Kier alpha value is 1.96. The molecule has 0 aromatic carbocycles. The summed E-state index contributed by atoms with van der Waals surface area (Å²) in [4.78, 5) is 61.3. The van der Waals surface area contributed by atoms with Gasteiger partial charge in [-0.15, -0.1) is 0 Å². The van der Waals surface area contributed by atoms with Gasteiger partial charge in [-0.1, -0.05) is 20.8 Å². The third kappa shape index (κ3) is 82.9. The van der Waals surface area contributed by atoms with Crippen LogP contribution in [0.25, 0.3) is 0 Å². The molecule has 0 aromatic heterocycles. The molecule has 0 fully saturated rings. The van der Waals surface area contributed by atoms with Crippen LogP contribution in [0.4, 0.5) is 0 Å². The molecule has 0 aliphatic rings. The van der Waals surface area contributed by atoms with Gasteiger partial charge in [0, 0.05) is 38.5 Å². The molecule has 0 amide bonds. The normalized spacial score (nSPS) is 17.5. The Morgan fingerprint density at radius 2 is 0.468 bits per heavy atom. The summed E-state index contributed by atoms with van der Waals surface area (Å²) in [7, 11) is -20.5. The van der Waals surface area contributed by atoms with Gasteiger partial charge in [0.1, 0.15) is 45.6 Å². The Balaban J connectivity index is -0.0000000642. The van der Waals surface area contributed by atoms with Crippen molar-refractivity contribution < 1.29 is 83.9 Å². The largest absolute Gasteiger partial charge is 3.00 e.